The van der Waals surface area contributed by atoms with Gasteiger partial charge in [0, 0.05) is 30.6 Å². The summed E-state index contributed by atoms with van der Waals surface area (Å²) in [6.07, 6.45) is 1.19. The van der Waals surface area contributed by atoms with Crippen molar-refractivity contribution in [2.75, 3.05) is 31.6 Å². The van der Waals surface area contributed by atoms with Gasteiger partial charge in [-0.1, -0.05) is 0 Å². The number of nitrogens with one attached hydrogen (secondary N) is 2. The fourth-order valence-corrected chi connectivity index (χ4v) is 2.64. The molecule has 72 valence electrons. The van der Waals surface area contributed by atoms with Crippen molar-refractivity contribution >= 4 is 21.8 Å². The summed E-state index contributed by atoms with van der Waals surface area (Å²) in [5.41, 5.74) is 0. The van der Waals surface area contributed by atoms with E-state index in [1.54, 1.807) is 0 Å². The maximum Gasteiger partial charge on any atom is 0.208 e. The maximum absolute atomic E-state index is 10.7. The smallest absolute Gasteiger partial charge is 0.208 e. The SMILES string of the molecule is CS(=O)(=O)NCC1CNCCS1. The molecule has 1 fully saturated rings. The van der Waals surface area contributed by atoms with E-state index in [4.69, 9.17) is 0 Å². The number of sulfonamides is 1. The van der Waals surface area contributed by atoms with Gasteiger partial charge < -0.3 is 5.32 Å². The minimum Gasteiger partial charge on any atom is -0.315 e. The van der Waals surface area contributed by atoms with E-state index in [1.165, 1.54) is 6.26 Å². The maximum atomic E-state index is 10.7. The van der Waals surface area contributed by atoms with Crippen molar-refractivity contribution < 1.29 is 8.42 Å². The van der Waals surface area contributed by atoms with E-state index in [9.17, 15) is 8.42 Å². The van der Waals surface area contributed by atoms with Crippen LogP contribution >= 0.6 is 11.8 Å². The van der Waals surface area contributed by atoms with Crippen LogP contribution in [0.4, 0.5) is 0 Å². The second-order valence-electron chi connectivity index (χ2n) is 2.82. The number of hydrogen-bond donors (Lipinski definition) is 2. The molecule has 1 saturated heterocycles. The molecule has 1 aliphatic heterocycles. The van der Waals surface area contributed by atoms with Gasteiger partial charge in [-0.15, -0.1) is 0 Å². The summed E-state index contributed by atoms with van der Waals surface area (Å²) in [5.74, 6) is 1.07. The van der Waals surface area contributed by atoms with Crippen molar-refractivity contribution in [3.8, 4) is 0 Å². The molecule has 12 heavy (non-hydrogen) atoms. The molecule has 1 atom stereocenters. The molecule has 1 aliphatic rings. The van der Waals surface area contributed by atoms with E-state index in [2.05, 4.69) is 10.0 Å². The van der Waals surface area contributed by atoms with Crippen molar-refractivity contribution in [3.05, 3.63) is 0 Å². The standard InChI is InChI=1S/C6H14N2O2S2/c1-12(9,10)8-5-6-4-7-2-3-11-6/h6-8H,2-5H2,1H3. The molecule has 0 spiro atoms. The molecule has 4 nitrogen and oxygen atoms in total. The molecule has 6 heteroatoms. The lowest BCUT2D eigenvalue weighted by Gasteiger charge is -2.21. The molecule has 0 aromatic carbocycles. The van der Waals surface area contributed by atoms with Crippen LogP contribution in [0.1, 0.15) is 0 Å². The van der Waals surface area contributed by atoms with E-state index in [0.717, 1.165) is 18.8 Å². The lowest BCUT2D eigenvalue weighted by Crippen LogP contribution is -2.40. The van der Waals surface area contributed by atoms with Gasteiger partial charge in [0.2, 0.25) is 10.0 Å². The molecule has 0 aromatic heterocycles. The second kappa shape index (κ2) is 4.45. The average molecular weight is 210 g/mol. The normalized spacial score (nSPS) is 25.6. The van der Waals surface area contributed by atoms with Crippen LogP contribution in [0.25, 0.3) is 0 Å². The highest BCUT2D eigenvalue weighted by atomic mass is 32.2. The fraction of sp³-hybridized carbons (Fsp3) is 1.00. The molecule has 1 heterocycles. The minimum absolute atomic E-state index is 0.383. The molecule has 1 unspecified atom stereocenters. The Bertz CT molecular complexity index is 222. The van der Waals surface area contributed by atoms with Gasteiger partial charge in [-0.25, -0.2) is 13.1 Å². The van der Waals surface area contributed by atoms with Gasteiger partial charge in [0.15, 0.2) is 0 Å². The van der Waals surface area contributed by atoms with E-state index in [-0.39, 0.29) is 0 Å². The molecule has 0 radical (unpaired) electrons. The van der Waals surface area contributed by atoms with Crippen molar-refractivity contribution in [1.29, 1.82) is 0 Å². The van der Waals surface area contributed by atoms with E-state index < -0.39 is 10.0 Å². The first-order valence-corrected chi connectivity index (χ1v) is 6.79. The molecule has 1 rings (SSSR count). The lowest BCUT2D eigenvalue weighted by atomic mass is 10.4. The third-order valence-corrected chi connectivity index (χ3v) is 3.51. The van der Waals surface area contributed by atoms with Crippen LogP contribution in [0.5, 0.6) is 0 Å². The van der Waals surface area contributed by atoms with Crippen molar-refractivity contribution in [3.63, 3.8) is 0 Å². The first-order chi connectivity index (χ1) is 5.58. The zero-order valence-electron chi connectivity index (χ0n) is 7.04. The quantitative estimate of drug-likeness (QED) is 0.643. The Balaban J connectivity index is 2.22. The van der Waals surface area contributed by atoms with Crippen LogP contribution in [-0.4, -0.2) is 45.3 Å². The molecule has 0 aliphatic carbocycles. The predicted octanol–water partition coefficient (Wildman–Crippen LogP) is -0.759. The van der Waals surface area contributed by atoms with Crippen LogP contribution in [0.15, 0.2) is 0 Å². The third kappa shape index (κ3) is 4.30. The summed E-state index contributed by atoms with van der Waals surface area (Å²) in [6, 6.07) is 0. The Kier molecular flexibility index (Phi) is 3.82. The summed E-state index contributed by atoms with van der Waals surface area (Å²) in [7, 11) is -3.01. The zero-order chi connectivity index (χ0) is 9.03. The van der Waals surface area contributed by atoms with Gasteiger partial charge in [0.25, 0.3) is 0 Å². The van der Waals surface area contributed by atoms with Gasteiger partial charge >= 0.3 is 0 Å². The second-order valence-corrected chi connectivity index (χ2v) is 6.06. The molecule has 2 N–H and O–H groups in total. The van der Waals surface area contributed by atoms with Crippen LogP contribution < -0.4 is 10.0 Å². The van der Waals surface area contributed by atoms with Crippen LogP contribution in [0, 0.1) is 0 Å². The van der Waals surface area contributed by atoms with Crippen molar-refractivity contribution in [1.82, 2.24) is 10.0 Å². The Morgan fingerprint density at radius 3 is 2.92 bits per heavy atom. The van der Waals surface area contributed by atoms with Gasteiger partial charge in [-0.2, -0.15) is 11.8 Å². The van der Waals surface area contributed by atoms with Gasteiger partial charge in [0.1, 0.15) is 0 Å². The highest BCUT2D eigenvalue weighted by molar-refractivity contribution is 8.00. The number of thioether (sulfide) groups is 1. The van der Waals surface area contributed by atoms with Gasteiger partial charge in [0.05, 0.1) is 6.26 Å². The van der Waals surface area contributed by atoms with E-state index in [0.29, 0.717) is 11.8 Å². The fourth-order valence-electron chi connectivity index (χ4n) is 0.995. The Hall–Kier alpha value is 0.220. The Morgan fingerprint density at radius 1 is 1.67 bits per heavy atom. The van der Waals surface area contributed by atoms with Gasteiger partial charge in [-0.05, 0) is 0 Å². The summed E-state index contributed by atoms with van der Waals surface area (Å²) >= 11 is 1.81. The molecular formula is C6H14N2O2S2. The largest absolute Gasteiger partial charge is 0.315 e. The Labute approximate surface area is 77.5 Å². The summed E-state index contributed by atoms with van der Waals surface area (Å²) in [6.45, 7) is 2.46. The van der Waals surface area contributed by atoms with Crippen LogP contribution in [0.3, 0.4) is 0 Å². The minimum atomic E-state index is -3.01. The molecule has 0 amide bonds. The lowest BCUT2D eigenvalue weighted by molar-refractivity contribution is 0.581. The van der Waals surface area contributed by atoms with E-state index in [1.807, 2.05) is 11.8 Å². The van der Waals surface area contributed by atoms with Gasteiger partial charge in [-0.3, -0.25) is 0 Å². The molecular weight excluding hydrogens is 196 g/mol. The summed E-state index contributed by atoms with van der Waals surface area (Å²) in [4.78, 5) is 0. The first kappa shape index (κ1) is 10.3. The van der Waals surface area contributed by atoms with Crippen LogP contribution in [0.2, 0.25) is 0 Å². The van der Waals surface area contributed by atoms with Crippen LogP contribution in [-0.2, 0) is 10.0 Å². The molecule has 0 aromatic rings. The number of hydrogen-bond acceptors (Lipinski definition) is 4. The summed E-state index contributed by atoms with van der Waals surface area (Å²) in [5, 5.41) is 3.60. The number of rotatable bonds is 3. The molecule has 0 saturated carbocycles. The first-order valence-electron chi connectivity index (χ1n) is 3.85. The van der Waals surface area contributed by atoms with E-state index >= 15 is 0 Å². The topological polar surface area (TPSA) is 58.2 Å². The summed E-state index contributed by atoms with van der Waals surface area (Å²) < 4.78 is 24.0. The molecule has 0 bridgehead atoms. The highest BCUT2D eigenvalue weighted by Crippen LogP contribution is 2.11. The predicted molar refractivity (Wildman–Crippen MR) is 52.0 cm³/mol. The Morgan fingerprint density at radius 2 is 2.42 bits per heavy atom. The average Bonchev–Trinajstić information content (AvgIpc) is 2.02. The highest BCUT2D eigenvalue weighted by Gasteiger charge is 2.14. The van der Waals surface area contributed by atoms with Crippen molar-refractivity contribution in [2.24, 2.45) is 0 Å². The monoisotopic (exact) mass is 210 g/mol. The third-order valence-electron chi connectivity index (χ3n) is 1.58. The zero-order valence-corrected chi connectivity index (χ0v) is 8.67. The van der Waals surface area contributed by atoms with Crippen molar-refractivity contribution in [2.45, 2.75) is 5.25 Å².